The normalized spacial score (nSPS) is 19.1. The summed E-state index contributed by atoms with van der Waals surface area (Å²) in [5, 5.41) is 2.71. The van der Waals surface area contributed by atoms with Crippen LogP contribution in [0.3, 0.4) is 0 Å². The highest BCUT2D eigenvalue weighted by Gasteiger charge is 2.28. The number of aromatic nitrogens is 1. The highest BCUT2D eigenvalue weighted by atomic mass is 32.2. The van der Waals surface area contributed by atoms with Crippen molar-refractivity contribution in [1.82, 2.24) is 14.6 Å². The third-order valence-corrected chi connectivity index (χ3v) is 6.17. The maximum Gasteiger partial charge on any atom is 0.256 e. The fourth-order valence-corrected chi connectivity index (χ4v) is 4.39. The van der Waals surface area contributed by atoms with Crippen molar-refractivity contribution in [1.29, 1.82) is 0 Å². The van der Waals surface area contributed by atoms with Gasteiger partial charge in [0, 0.05) is 38.4 Å². The van der Waals surface area contributed by atoms with Crippen LogP contribution in [0.4, 0.5) is 5.69 Å². The topological polar surface area (TPSA) is 118 Å². The first-order chi connectivity index (χ1) is 14.8. The lowest BCUT2D eigenvalue weighted by molar-refractivity contribution is -0.116. The number of rotatable bonds is 7. The molecule has 1 fully saturated rings. The zero-order valence-electron chi connectivity index (χ0n) is 17.4. The SMILES string of the molecule is CC1CN(C(=O)c2ccccc2NC(=O)CCNS(=O)(=O)c2cccnc2)CC(C)O1. The van der Waals surface area contributed by atoms with Crippen molar-refractivity contribution in [3.05, 3.63) is 54.4 Å². The van der Waals surface area contributed by atoms with Gasteiger partial charge in [0.1, 0.15) is 4.90 Å². The van der Waals surface area contributed by atoms with Gasteiger partial charge in [-0.25, -0.2) is 13.1 Å². The first-order valence-corrected chi connectivity index (χ1v) is 11.5. The molecule has 0 spiro atoms. The third kappa shape index (κ3) is 6.09. The van der Waals surface area contributed by atoms with E-state index in [2.05, 4.69) is 15.0 Å². The Balaban J connectivity index is 1.60. The van der Waals surface area contributed by atoms with Crippen molar-refractivity contribution in [2.75, 3.05) is 25.0 Å². The number of carbonyl (C=O) groups excluding carboxylic acids is 2. The largest absolute Gasteiger partial charge is 0.372 e. The zero-order valence-corrected chi connectivity index (χ0v) is 18.3. The smallest absolute Gasteiger partial charge is 0.256 e. The van der Waals surface area contributed by atoms with Crippen LogP contribution in [-0.4, -0.2) is 62.0 Å². The van der Waals surface area contributed by atoms with Crippen LogP contribution in [0, 0.1) is 0 Å². The van der Waals surface area contributed by atoms with Gasteiger partial charge in [-0.1, -0.05) is 12.1 Å². The average molecular weight is 447 g/mol. The summed E-state index contributed by atoms with van der Waals surface area (Å²) in [6.07, 6.45) is 2.49. The van der Waals surface area contributed by atoms with Crippen LogP contribution in [0.5, 0.6) is 0 Å². The Bertz CT molecular complexity index is 1020. The van der Waals surface area contributed by atoms with Gasteiger partial charge in [0.05, 0.1) is 23.5 Å². The van der Waals surface area contributed by atoms with E-state index in [1.807, 2.05) is 13.8 Å². The molecule has 1 aromatic carbocycles. The summed E-state index contributed by atoms with van der Waals surface area (Å²) in [5.74, 6) is -0.590. The molecule has 31 heavy (non-hydrogen) atoms. The minimum absolute atomic E-state index is 0.0281. The molecular formula is C21H26N4O5S. The molecule has 2 amide bonds. The van der Waals surface area contributed by atoms with Gasteiger partial charge >= 0.3 is 0 Å². The van der Waals surface area contributed by atoms with Crippen LogP contribution in [0.1, 0.15) is 30.6 Å². The second-order valence-electron chi connectivity index (χ2n) is 7.40. The summed E-state index contributed by atoms with van der Waals surface area (Å²) in [5.41, 5.74) is 0.771. The van der Waals surface area contributed by atoms with Gasteiger partial charge in [-0.15, -0.1) is 0 Å². The molecular weight excluding hydrogens is 420 g/mol. The van der Waals surface area contributed by atoms with E-state index in [1.54, 1.807) is 29.2 Å². The van der Waals surface area contributed by atoms with Gasteiger partial charge in [0.15, 0.2) is 0 Å². The fourth-order valence-electron chi connectivity index (χ4n) is 3.39. The third-order valence-electron chi connectivity index (χ3n) is 4.73. The summed E-state index contributed by atoms with van der Waals surface area (Å²) >= 11 is 0. The molecule has 3 rings (SSSR count). The average Bonchev–Trinajstić information content (AvgIpc) is 2.73. The van der Waals surface area contributed by atoms with Gasteiger partial charge in [0.25, 0.3) is 5.91 Å². The molecule has 0 bridgehead atoms. The van der Waals surface area contributed by atoms with Crippen molar-refractivity contribution in [2.45, 2.75) is 37.4 Å². The van der Waals surface area contributed by atoms with Crippen LogP contribution in [0.15, 0.2) is 53.7 Å². The number of morpholine rings is 1. The molecule has 0 aliphatic carbocycles. The van der Waals surface area contributed by atoms with Crippen LogP contribution in [0.2, 0.25) is 0 Å². The van der Waals surface area contributed by atoms with E-state index in [0.717, 1.165) is 0 Å². The second-order valence-corrected chi connectivity index (χ2v) is 9.16. The molecule has 1 aromatic heterocycles. The number of pyridine rings is 1. The van der Waals surface area contributed by atoms with Crippen LogP contribution < -0.4 is 10.0 Å². The molecule has 2 atom stereocenters. The Labute approximate surface area is 181 Å². The minimum atomic E-state index is -3.74. The number of hydrogen-bond donors (Lipinski definition) is 2. The number of benzene rings is 1. The van der Waals surface area contributed by atoms with Crippen LogP contribution >= 0.6 is 0 Å². The number of hydrogen-bond acceptors (Lipinski definition) is 6. The number of para-hydroxylation sites is 1. The first kappa shape index (κ1) is 22.9. The maximum absolute atomic E-state index is 13.0. The van der Waals surface area contributed by atoms with E-state index in [1.165, 1.54) is 24.5 Å². The van der Waals surface area contributed by atoms with Gasteiger partial charge in [-0.05, 0) is 38.1 Å². The first-order valence-electron chi connectivity index (χ1n) is 9.99. The van der Waals surface area contributed by atoms with Crippen molar-refractivity contribution in [3.8, 4) is 0 Å². The Kier molecular flexibility index (Phi) is 7.37. The summed E-state index contributed by atoms with van der Waals surface area (Å²) in [6, 6.07) is 9.71. The summed E-state index contributed by atoms with van der Waals surface area (Å²) in [4.78, 5) is 30.9. The number of sulfonamides is 1. The molecule has 0 radical (unpaired) electrons. The number of nitrogens with one attached hydrogen (secondary N) is 2. The van der Waals surface area contributed by atoms with Gasteiger partial charge < -0.3 is 15.0 Å². The highest BCUT2D eigenvalue weighted by Crippen LogP contribution is 2.20. The van der Waals surface area contributed by atoms with Crippen LogP contribution in [-0.2, 0) is 19.6 Å². The molecule has 2 aromatic rings. The molecule has 1 saturated heterocycles. The minimum Gasteiger partial charge on any atom is -0.372 e. The molecule has 1 aliphatic rings. The quantitative estimate of drug-likeness (QED) is 0.668. The van der Waals surface area contributed by atoms with E-state index >= 15 is 0 Å². The number of carbonyl (C=O) groups is 2. The Morgan fingerprint density at radius 1 is 1.13 bits per heavy atom. The number of amides is 2. The highest BCUT2D eigenvalue weighted by molar-refractivity contribution is 7.89. The molecule has 2 unspecified atom stereocenters. The van der Waals surface area contributed by atoms with Crippen molar-refractivity contribution < 1.29 is 22.7 Å². The van der Waals surface area contributed by atoms with E-state index in [4.69, 9.17) is 4.74 Å². The zero-order chi connectivity index (χ0) is 22.4. The molecule has 2 heterocycles. The predicted octanol–water partition coefficient (Wildman–Crippen LogP) is 1.64. The summed E-state index contributed by atoms with van der Waals surface area (Å²) < 4.78 is 32.5. The molecule has 166 valence electrons. The summed E-state index contributed by atoms with van der Waals surface area (Å²) in [6.45, 7) is 4.69. The molecule has 10 heteroatoms. The number of ether oxygens (including phenoxy) is 1. The monoisotopic (exact) mass is 446 g/mol. The van der Waals surface area contributed by atoms with E-state index in [-0.39, 0.29) is 36.0 Å². The number of anilines is 1. The lowest BCUT2D eigenvalue weighted by Crippen LogP contribution is -2.48. The lowest BCUT2D eigenvalue weighted by Gasteiger charge is -2.35. The van der Waals surface area contributed by atoms with Crippen LogP contribution in [0.25, 0.3) is 0 Å². The van der Waals surface area contributed by atoms with Crippen molar-refractivity contribution in [2.24, 2.45) is 0 Å². The molecule has 0 saturated carbocycles. The van der Waals surface area contributed by atoms with E-state index in [0.29, 0.717) is 24.3 Å². The Hall–Kier alpha value is -2.82. The second kappa shape index (κ2) is 9.99. The van der Waals surface area contributed by atoms with Gasteiger partial charge in [0.2, 0.25) is 15.9 Å². The predicted molar refractivity (Wildman–Crippen MR) is 115 cm³/mol. The van der Waals surface area contributed by atoms with E-state index in [9.17, 15) is 18.0 Å². The lowest BCUT2D eigenvalue weighted by atomic mass is 10.1. The number of nitrogens with zero attached hydrogens (tertiary/aromatic N) is 2. The summed E-state index contributed by atoms with van der Waals surface area (Å²) in [7, 11) is -3.74. The molecule has 2 N–H and O–H groups in total. The Morgan fingerprint density at radius 2 is 1.84 bits per heavy atom. The molecule has 9 nitrogen and oxygen atoms in total. The molecule has 1 aliphatic heterocycles. The van der Waals surface area contributed by atoms with Crippen molar-refractivity contribution >= 4 is 27.5 Å². The Morgan fingerprint density at radius 3 is 2.52 bits per heavy atom. The van der Waals surface area contributed by atoms with Gasteiger partial charge in [-0.3, -0.25) is 14.6 Å². The van der Waals surface area contributed by atoms with Gasteiger partial charge in [-0.2, -0.15) is 0 Å². The van der Waals surface area contributed by atoms with Crippen molar-refractivity contribution in [3.63, 3.8) is 0 Å². The fraction of sp³-hybridized carbons (Fsp3) is 0.381. The van der Waals surface area contributed by atoms with E-state index < -0.39 is 15.9 Å². The maximum atomic E-state index is 13.0. The standard InChI is InChI=1S/C21H26N4O5S/c1-15-13-25(14-16(2)30-15)21(27)18-7-3-4-8-19(18)24-20(26)9-11-23-31(28,29)17-6-5-10-22-12-17/h3-8,10,12,15-16,23H,9,11,13-14H2,1-2H3,(H,24,26).